The third-order valence-electron chi connectivity index (χ3n) is 1.90. The molecule has 0 amide bonds. The number of rotatable bonds is 4. The van der Waals surface area contributed by atoms with E-state index in [-0.39, 0.29) is 17.9 Å². The first-order chi connectivity index (χ1) is 7.29. The summed E-state index contributed by atoms with van der Waals surface area (Å²) >= 11 is 0. The molecule has 6 heteroatoms. The molecule has 0 unspecified atom stereocenters. The monoisotopic (exact) mass is 243 g/mol. The summed E-state index contributed by atoms with van der Waals surface area (Å²) in [6.07, 6.45) is 0. The highest BCUT2D eigenvalue weighted by Gasteiger charge is 2.17. The maximum Gasteiger partial charge on any atom is 0.269 e. The molecule has 1 aromatic rings. The predicted octanol–water partition coefficient (Wildman–Crippen LogP) is 3.09. The van der Waals surface area contributed by atoms with Crippen LogP contribution >= 0.6 is 0 Å². The molecular weight excluding hydrogens is 229 g/mol. The molecule has 0 radical (unpaired) electrons. The largest absolute Gasteiger partial charge is 0.413 e. The fraction of sp³-hybridized carbons (Fsp3) is 0.400. The molecule has 0 N–H and O–H groups in total. The van der Waals surface area contributed by atoms with Crippen molar-refractivity contribution in [2.45, 2.75) is 26.2 Å². The lowest BCUT2D eigenvalue weighted by molar-refractivity contribution is -0.385. The summed E-state index contributed by atoms with van der Waals surface area (Å²) in [5, 5.41) is 10.5. The summed E-state index contributed by atoms with van der Waals surface area (Å²) in [6, 6.07) is 3.46. The van der Waals surface area contributed by atoms with Gasteiger partial charge in [0.05, 0.1) is 11.5 Å². The molecular formula is C10H14FNO3Si. The van der Waals surface area contributed by atoms with Crippen molar-refractivity contribution >= 4 is 14.0 Å². The zero-order chi connectivity index (χ0) is 12.3. The van der Waals surface area contributed by atoms with Crippen molar-refractivity contribution < 1.29 is 13.7 Å². The van der Waals surface area contributed by atoms with Crippen molar-refractivity contribution in [3.63, 3.8) is 0 Å². The van der Waals surface area contributed by atoms with Crippen molar-refractivity contribution in [2.24, 2.45) is 0 Å². The number of hydrogen-bond donors (Lipinski definition) is 0. The molecule has 0 aliphatic carbocycles. The summed E-state index contributed by atoms with van der Waals surface area (Å²) in [5.41, 5.74) is 0.118. The van der Waals surface area contributed by atoms with Gasteiger partial charge in [-0.2, -0.15) is 0 Å². The van der Waals surface area contributed by atoms with Crippen LogP contribution in [-0.4, -0.2) is 13.2 Å². The first kappa shape index (κ1) is 12.8. The van der Waals surface area contributed by atoms with Crippen molar-refractivity contribution in [1.29, 1.82) is 0 Å². The Kier molecular flexibility index (Phi) is 3.77. The van der Waals surface area contributed by atoms with Gasteiger partial charge in [0, 0.05) is 17.7 Å². The summed E-state index contributed by atoms with van der Waals surface area (Å²) in [5.74, 6) is -0.469. The van der Waals surface area contributed by atoms with Crippen molar-refractivity contribution in [3.8, 4) is 0 Å². The first-order valence-electron chi connectivity index (χ1n) is 4.86. The van der Waals surface area contributed by atoms with Gasteiger partial charge in [0.1, 0.15) is 5.82 Å². The van der Waals surface area contributed by atoms with Gasteiger partial charge in [0.25, 0.3) is 5.69 Å². The highest BCUT2D eigenvalue weighted by Crippen LogP contribution is 2.19. The Labute approximate surface area is 94.3 Å². The lowest BCUT2D eigenvalue weighted by Gasteiger charge is -2.17. The molecule has 0 aliphatic rings. The number of nitro groups is 1. The van der Waals surface area contributed by atoms with Gasteiger partial charge in [-0.15, -0.1) is 0 Å². The minimum atomic E-state index is -1.74. The number of halogens is 1. The summed E-state index contributed by atoms with van der Waals surface area (Å²) in [6.45, 7) is 6.01. The predicted molar refractivity (Wildman–Crippen MR) is 61.2 cm³/mol. The molecule has 0 saturated carbocycles. The average Bonchev–Trinajstić information content (AvgIpc) is 2.14. The van der Waals surface area contributed by atoms with Gasteiger partial charge in [-0.25, -0.2) is 4.39 Å². The zero-order valence-electron chi connectivity index (χ0n) is 9.49. The van der Waals surface area contributed by atoms with Crippen LogP contribution in [0, 0.1) is 15.9 Å². The van der Waals surface area contributed by atoms with E-state index >= 15 is 0 Å². The third-order valence-corrected chi connectivity index (χ3v) is 2.91. The molecule has 16 heavy (non-hydrogen) atoms. The number of non-ortho nitro benzene ring substituents is 1. The molecule has 0 aromatic heterocycles. The van der Waals surface area contributed by atoms with Crippen molar-refractivity contribution in [1.82, 2.24) is 0 Å². The Balaban J connectivity index is 2.86. The van der Waals surface area contributed by atoms with Gasteiger partial charge >= 0.3 is 0 Å². The van der Waals surface area contributed by atoms with E-state index in [0.29, 0.717) is 0 Å². The van der Waals surface area contributed by atoms with Gasteiger partial charge in [-0.3, -0.25) is 10.1 Å². The number of hydrogen-bond acceptors (Lipinski definition) is 3. The Morgan fingerprint density at radius 3 is 2.56 bits per heavy atom. The van der Waals surface area contributed by atoms with E-state index in [1.54, 1.807) is 0 Å². The first-order valence-corrected chi connectivity index (χ1v) is 8.27. The topological polar surface area (TPSA) is 52.4 Å². The second kappa shape index (κ2) is 4.71. The van der Waals surface area contributed by atoms with Gasteiger partial charge in [-0.1, -0.05) is 0 Å². The molecule has 0 saturated heterocycles. The van der Waals surface area contributed by atoms with Crippen molar-refractivity contribution in [2.75, 3.05) is 0 Å². The Morgan fingerprint density at radius 1 is 1.44 bits per heavy atom. The molecule has 88 valence electrons. The SMILES string of the molecule is C[Si](C)(C)OCc1cc([N+](=O)[O-])ccc1F. The standard InChI is InChI=1S/C10H14FNO3Si/c1-16(2,3)15-7-8-6-9(12(13)14)4-5-10(8)11/h4-6H,7H2,1-3H3. The van der Waals surface area contributed by atoms with Gasteiger partial charge < -0.3 is 4.43 Å². The fourth-order valence-corrected chi connectivity index (χ4v) is 1.67. The van der Waals surface area contributed by atoms with Crippen LogP contribution in [0.3, 0.4) is 0 Å². The normalized spacial score (nSPS) is 11.5. The molecule has 0 fully saturated rings. The van der Waals surface area contributed by atoms with Crippen LogP contribution in [0.25, 0.3) is 0 Å². The smallest absolute Gasteiger partial charge is 0.269 e. The average molecular weight is 243 g/mol. The number of nitro benzene ring substituents is 1. The van der Waals surface area contributed by atoms with E-state index < -0.39 is 19.1 Å². The minimum Gasteiger partial charge on any atom is -0.413 e. The molecule has 0 spiro atoms. The van der Waals surface area contributed by atoms with Crippen LogP contribution in [0.5, 0.6) is 0 Å². The van der Waals surface area contributed by atoms with Crippen LogP contribution in [0.15, 0.2) is 18.2 Å². The molecule has 0 bridgehead atoms. The highest BCUT2D eigenvalue weighted by atomic mass is 28.4. The number of nitrogens with zero attached hydrogens (tertiary/aromatic N) is 1. The molecule has 1 rings (SSSR count). The molecule has 0 atom stereocenters. The van der Waals surface area contributed by atoms with E-state index in [4.69, 9.17) is 4.43 Å². The lowest BCUT2D eigenvalue weighted by atomic mass is 10.2. The van der Waals surface area contributed by atoms with E-state index in [9.17, 15) is 14.5 Å². The maximum absolute atomic E-state index is 13.3. The maximum atomic E-state index is 13.3. The van der Waals surface area contributed by atoms with Crippen LogP contribution in [0.2, 0.25) is 19.6 Å². The van der Waals surface area contributed by atoms with E-state index in [2.05, 4.69) is 0 Å². The lowest BCUT2D eigenvalue weighted by Crippen LogP contribution is -2.25. The van der Waals surface area contributed by atoms with E-state index in [0.717, 1.165) is 12.1 Å². The van der Waals surface area contributed by atoms with Crippen LogP contribution in [0.1, 0.15) is 5.56 Å². The van der Waals surface area contributed by atoms with Crippen LogP contribution in [0.4, 0.5) is 10.1 Å². The molecule has 4 nitrogen and oxygen atoms in total. The second-order valence-electron chi connectivity index (χ2n) is 4.43. The zero-order valence-corrected chi connectivity index (χ0v) is 10.5. The van der Waals surface area contributed by atoms with Crippen LogP contribution in [-0.2, 0) is 11.0 Å². The third kappa shape index (κ3) is 3.71. The highest BCUT2D eigenvalue weighted by molar-refractivity contribution is 6.69. The van der Waals surface area contributed by atoms with Gasteiger partial charge in [-0.05, 0) is 25.7 Å². The van der Waals surface area contributed by atoms with Crippen molar-refractivity contribution in [3.05, 3.63) is 39.7 Å². The Hall–Kier alpha value is -1.27. The molecule has 0 aliphatic heterocycles. The Morgan fingerprint density at radius 2 is 2.06 bits per heavy atom. The summed E-state index contributed by atoms with van der Waals surface area (Å²) < 4.78 is 18.8. The number of benzene rings is 1. The Bertz CT molecular complexity index is 404. The molecule has 0 heterocycles. The van der Waals surface area contributed by atoms with E-state index in [1.165, 1.54) is 6.07 Å². The summed E-state index contributed by atoms with van der Waals surface area (Å²) in [4.78, 5) is 9.97. The summed E-state index contributed by atoms with van der Waals surface area (Å²) in [7, 11) is -1.74. The quantitative estimate of drug-likeness (QED) is 0.464. The molecule has 1 aromatic carbocycles. The fourth-order valence-electron chi connectivity index (χ4n) is 1.08. The van der Waals surface area contributed by atoms with Crippen LogP contribution < -0.4 is 0 Å². The van der Waals surface area contributed by atoms with E-state index in [1.807, 2.05) is 19.6 Å². The van der Waals surface area contributed by atoms with Gasteiger partial charge in [0.15, 0.2) is 8.32 Å². The van der Waals surface area contributed by atoms with Gasteiger partial charge in [0.2, 0.25) is 0 Å². The minimum absolute atomic E-state index is 0.0865. The second-order valence-corrected chi connectivity index (χ2v) is 8.95.